The third-order valence-corrected chi connectivity index (χ3v) is 4.91. The van der Waals surface area contributed by atoms with Gasteiger partial charge in [0.15, 0.2) is 0 Å². The van der Waals surface area contributed by atoms with Gasteiger partial charge < -0.3 is 4.65 Å². The van der Waals surface area contributed by atoms with E-state index in [1.807, 2.05) is 24.3 Å². The molecule has 0 radical (unpaired) electrons. The zero-order valence-electron chi connectivity index (χ0n) is 14.4. The van der Waals surface area contributed by atoms with Gasteiger partial charge in [-0.05, 0) is 47.3 Å². The molecule has 2 nitrogen and oxygen atoms in total. The molecule has 0 aliphatic rings. The number of hydrogen-bond donors (Lipinski definition) is 0. The van der Waals surface area contributed by atoms with E-state index in [1.54, 1.807) is 24.4 Å². The normalized spacial score (nSPS) is 10.9. The molecular weight excluding hydrogens is 402 g/mol. The Kier molecular flexibility index (Phi) is 5.20. The highest BCUT2D eigenvalue weighted by atomic mass is 35.5. The summed E-state index contributed by atoms with van der Waals surface area (Å²) < 4.78 is 33.6. The summed E-state index contributed by atoms with van der Waals surface area (Å²) in [4.78, 5) is 4.39. The topological polar surface area (TPSA) is 22.1 Å². The highest BCUT2D eigenvalue weighted by Crippen LogP contribution is 2.24. The standard InChI is InChI=1S/C21H12BCl2F2NO/c23-16-11-14(6-8-18(16)25)22(15-7-9-19(26)17(24)12-15)28-20-5-1-3-13-4-2-10-27-21(13)20/h1-12H. The minimum Gasteiger partial charge on any atom is -0.550 e. The van der Waals surface area contributed by atoms with Crippen LogP contribution >= 0.6 is 23.2 Å². The summed E-state index contributed by atoms with van der Waals surface area (Å²) in [7, 11) is 0. The molecule has 0 N–H and O–H groups in total. The van der Waals surface area contributed by atoms with Crippen LogP contribution < -0.4 is 15.6 Å². The molecule has 1 aromatic heterocycles. The Bertz CT molecular complexity index is 1120. The number of rotatable bonds is 4. The van der Waals surface area contributed by atoms with Crippen LogP contribution in [0.25, 0.3) is 10.9 Å². The van der Waals surface area contributed by atoms with Crippen LogP contribution in [0.5, 0.6) is 5.75 Å². The van der Waals surface area contributed by atoms with Gasteiger partial charge in [0, 0.05) is 11.6 Å². The average molecular weight is 414 g/mol. The average Bonchev–Trinajstić information content (AvgIpc) is 2.70. The number of benzene rings is 3. The smallest absolute Gasteiger partial charge is 0.426 e. The lowest BCUT2D eigenvalue weighted by Gasteiger charge is -2.18. The van der Waals surface area contributed by atoms with Gasteiger partial charge in [0.25, 0.3) is 0 Å². The molecule has 0 saturated carbocycles. The molecule has 0 unspecified atom stereocenters. The van der Waals surface area contributed by atoms with E-state index >= 15 is 0 Å². The first-order valence-corrected chi connectivity index (χ1v) is 9.19. The number of halogens is 4. The second kappa shape index (κ2) is 7.78. The van der Waals surface area contributed by atoms with Gasteiger partial charge in [0.2, 0.25) is 0 Å². The predicted octanol–water partition coefficient (Wildman–Crippen LogP) is 5.00. The molecule has 0 aliphatic heterocycles. The third kappa shape index (κ3) is 3.68. The van der Waals surface area contributed by atoms with Gasteiger partial charge in [-0.3, -0.25) is 4.98 Å². The van der Waals surface area contributed by atoms with E-state index in [-0.39, 0.29) is 10.0 Å². The fourth-order valence-corrected chi connectivity index (χ4v) is 3.36. The highest BCUT2D eigenvalue weighted by Gasteiger charge is 2.26. The molecule has 1 heterocycles. The summed E-state index contributed by atoms with van der Waals surface area (Å²) >= 11 is 11.9. The van der Waals surface area contributed by atoms with Crippen LogP contribution in [0, 0.1) is 11.6 Å². The van der Waals surface area contributed by atoms with Crippen molar-refractivity contribution >= 4 is 51.9 Å². The Morgan fingerprint density at radius 3 is 2.00 bits per heavy atom. The summed E-state index contributed by atoms with van der Waals surface area (Å²) in [5.74, 6) is -0.537. The first-order chi connectivity index (χ1) is 13.5. The van der Waals surface area contributed by atoms with E-state index in [1.165, 1.54) is 24.3 Å². The molecule has 0 aliphatic carbocycles. The van der Waals surface area contributed by atoms with Crippen molar-refractivity contribution in [2.45, 2.75) is 0 Å². The lowest BCUT2D eigenvalue weighted by molar-refractivity contribution is 0.596. The van der Waals surface area contributed by atoms with Gasteiger partial charge in [-0.2, -0.15) is 0 Å². The SMILES string of the molecule is Fc1ccc(B(Oc2cccc3cccnc23)c2ccc(F)c(Cl)c2)cc1Cl. The Morgan fingerprint density at radius 1 is 0.786 bits per heavy atom. The lowest BCUT2D eigenvalue weighted by atomic mass is 9.55. The largest absolute Gasteiger partial charge is 0.550 e. The predicted molar refractivity (Wildman–Crippen MR) is 110 cm³/mol. The van der Waals surface area contributed by atoms with Gasteiger partial charge >= 0.3 is 6.92 Å². The number of aromatic nitrogens is 1. The summed E-state index contributed by atoms with van der Waals surface area (Å²) in [5, 5.41) is 0.846. The second-order valence-corrected chi connectivity index (χ2v) is 6.99. The molecule has 0 spiro atoms. The van der Waals surface area contributed by atoms with Gasteiger partial charge in [-0.25, -0.2) is 8.78 Å². The minimum absolute atomic E-state index is 0.0321. The van der Waals surface area contributed by atoms with Gasteiger partial charge in [-0.1, -0.05) is 53.5 Å². The van der Waals surface area contributed by atoms with Gasteiger partial charge in [0.05, 0.1) is 10.0 Å². The van der Waals surface area contributed by atoms with Crippen molar-refractivity contribution in [3.63, 3.8) is 0 Å². The van der Waals surface area contributed by atoms with Crippen molar-refractivity contribution in [3.8, 4) is 5.75 Å². The summed E-state index contributed by atoms with van der Waals surface area (Å²) in [6.07, 6.45) is 1.67. The van der Waals surface area contributed by atoms with Crippen molar-refractivity contribution < 1.29 is 13.4 Å². The van der Waals surface area contributed by atoms with Crippen molar-refractivity contribution in [1.82, 2.24) is 4.98 Å². The van der Waals surface area contributed by atoms with Crippen LogP contribution in [0.2, 0.25) is 10.0 Å². The summed E-state index contributed by atoms with van der Waals surface area (Å²) in [6.45, 7) is -0.691. The Morgan fingerprint density at radius 2 is 1.39 bits per heavy atom. The maximum atomic E-state index is 13.7. The first kappa shape index (κ1) is 18.7. The molecule has 0 amide bonds. The van der Waals surface area contributed by atoms with Crippen LogP contribution in [-0.2, 0) is 0 Å². The number of nitrogens with zero attached hydrogens (tertiary/aromatic N) is 1. The molecule has 3 aromatic carbocycles. The summed E-state index contributed by atoms with van der Waals surface area (Å²) in [6, 6.07) is 18.0. The third-order valence-electron chi connectivity index (χ3n) is 4.33. The van der Waals surface area contributed by atoms with E-state index in [4.69, 9.17) is 27.9 Å². The van der Waals surface area contributed by atoms with Crippen molar-refractivity contribution in [2.75, 3.05) is 0 Å². The van der Waals surface area contributed by atoms with Gasteiger partial charge in [0.1, 0.15) is 22.9 Å². The number of fused-ring (bicyclic) bond motifs is 1. The molecule has 28 heavy (non-hydrogen) atoms. The number of hydrogen-bond acceptors (Lipinski definition) is 2. The molecule has 0 fully saturated rings. The van der Waals surface area contributed by atoms with Crippen LogP contribution in [0.4, 0.5) is 8.78 Å². The van der Waals surface area contributed by atoms with Crippen LogP contribution in [0.1, 0.15) is 0 Å². The fraction of sp³-hybridized carbons (Fsp3) is 0. The van der Waals surface area contributed by atoms with Crippen LogP contribution in [0.3, 0.4) is 0 Å². The first-order valence-electron chi connectivity index (χ1n) is 8.43. The van der Waals surface area contributed by atoms with E-state index in [0.29, 0.717) is 22.2 Å². The monoisotopic (exact) mass is 413 g/mol. The van der Waals surface area contributed by atoms with Crippen LogP contribution in [-0.4, -0.2) is 11.9 Å². The number of pyridine rings is 1. The highest BCUT2D eigenvalue weighted by molar-refractivity contribution is 6.80. The quantitative estimate of drug-likeness (QED) is 0.439. The Balaban J connectivity index is 1.84. The van der Waals surface area contributed by atoms with E-state index in [9.17, 15) is 8.78 Å². The van der Waals surface area contributed by atoms with Crippen LogP contribution in [0.15, 0.2) is 72.9 Å². The fourth-order valence-electron chi connectivity index (χ4n) is 2.98. The molecule has 4 aromatic rings. The Labute approximate surface area is 170 Å². The zero-order valence-corrected chi connectivity index (χ0v) is 15.9. The van der Waals surface area contributed by atoms with E-state index < -0.39 is 18.6 Å². The summed E-state index contributed by atoms with van der Waals surface area (Å²) in [5.41, 5.74) is 1.88. The van der Waals surface area contributed by atoms with Crippen molar-refractivity contribution in [1.29, 1.82) is 0 Å². The van der Waals surface area contributed by atoms with Gasteiger partial charge in [-0.15, -0.1) is 0 Å². The van der Waals surface area contributed by atoms with Crippen molar-refractivity contribution in [2.24, 2.45) is 0 Å². The van der Waals surface area contributed by atoms with E-state index in [2.05, 4.69) is 4.98 Å². The molecule has 0 saturated heterocycles. The zero-order chi connectivity index (χ0) is 19.7. The van der Waals surface area contributed by atoms with E-state index in [0.717, 1.165) is 5.39 Å². The number of para-hydroxylation sites is 1. The minimum atomic E-state index is -0.691. The Hall–Kier alpha value is -2.63. The molecule has 4 rings (SSSR count). The maximum absolute atomic E-state index is 13.7. The molecule has 7 heteroatoms. The maximum Gasteiger partial charge on any atom is 0.426 e. The molecule has 0 bridgehead atoms. The molecular formula is C21H12BCl2F2NO. The lowest BCUT2D eigenvalue weighted by Crippen LogP contribution is -2.47. The molecule has 138 valence electrons. The second-order valence-electron chi connectivity index (χ2n) is 6.18. The van der Waals surface area contributed by atoms with Crippen molar-refractivity contribution in [3.05, 3.63) is 94.6 Å². The molecule has 0 atom stereocenters.